The van der Waals surface area contributed by atoms with E-state index in [1.165, 1.54) is 6.07 Å². The third-order valence-corrected chi connectivity index (χ3v) is 1.87. The number of halogens is 1. The summed E-state index contributed by atoms with van der Waals surface area (Å²) in [5.74, 6) is -0.426. The van der Waals surface area contributed by atoms with Crippen LogP contribution in [-0.2, 0) is 4.74 Å². The standard InChI is InChI=1S/C10H12ClNO2/c1-6(2)14-10(13)8-4-3-7(12)5-9(8)11/h3-6H,12H2,1-2H3. The summed E-state index contributed by atoms with van der Waals surface area (Å²) in [5, 5.41) is 0.315. The highest BCUT2D eigenvalue weighted by Gasteiger charge is 2.12. The molecule has 0 aliphatic heterocycles. The molecule has 0 atom stereocenters. The maximum Gasteiger partial charge on any atom is 0.339 e. The van der Waals surface area contributed by atoms with Gasteiger partial charge in [0, 0.05) is 5.69 Å². The molecule has 14 heavy (non-hydrogen) atoms. The van der Waals surface area contributed by atoms with E-state index in [9.17, 15) is 4.79 Å². The van der Waals surface area contributed by atoms with Crippen molar-refractivity contribution in [2.24, 2.45) is 0 Å². The van der Waals surface area contributed by atoms with Gasteiger partial charge in [-0.3, -0.25) is 0 Å². The molecule has 76 valence electrons. The second-order valence-electron chi connectivity index (χ2n) is 3.19. The molecule has 0 aliphatic rings. The molecule has 0 radical (unpaired) electrons. The van der Waals surface area contributed by atoms with E-state index in [4.69, 9.17) is 22.1 Å². The number of carbonyl (C=O) groups excluding carboxylic acids is 1. The van der Waals surface area contributed by atoms with Crippen molar-refractivity contribution in [3.05, 3.63) is 28.8 Å². The highest BCUT2D eigenvalue weighted by Crippen LogP contribution is 2.20. The van der Waals surface area contributed by atoms with Crippen LogP contribution in [-0.4, -0.2) is 12.1 Å². The van der Waals surface area contributed by atoms with Crippen molar-refractivity contribution >= 4 is 23.3 Å². The number of esters is 1. The molecule has 0 unspecified atom stereocenters. The fourth-order valence-electron chi connectivity index (χ4n) is 0.974. The first kappa shape index (κ1) is 10.9. The summed E-state index contributed by atoms with van der Waals surface area (Å²) in [7, 11) is 0. The van der Waals surface area contributed by atoms with Crippen LogP contribution in [0.5, 0.6) is 0 Å². The Labute approximate surface area is 87.8 Å². The summed E-state index contributed by atoms with van der Waals surface area (Å²) >= 11 is 5.83. The van der Waals surface area contributed by atoms with Crippen LogP contribution in [0.1, 0.15) is 24.2 Å². The van der Waals surface area contributed by atoms with E-state index in [-0.39, 0.29) is 6.10 Å². The van der Waals surface area contributed by atoms with Crippen molar-refractivity contribution in [3.63, 3.8) is 0 Å². The van der Waals surface area contributed by atoms with Gasteiger partial charge in [0.2, 0.25) is 0 Å². The maximum atomic E-state index is 11.4. The molecule has 2 N–H and O–H groups in total. The van der Waals surface area contributed by atoms with Crippen molar-refractivity contribution in [2.75, 3.05) is 5.73 Å². The summed E-state index contributed by atoms with van der Waals surface area (Å²) < 4.78 is 4.99. The number of ether oxygens (including phenoxy) is 1. The summed E-state index contributed by atoms with van der Waals surface area (Å²) in [4.78, 5) is 11.4. The molecule has 0 aromatic heterocycles. The van der Waals surface area contributed by atoms with Crippen LogP contribution in [0.3, 0.4) is 0 Å². The average molecular weight is 214 g/mol. The van der Waals surface area contributed by atoms with Crippen LogP contribution in [0.2, 0.25) is 5.02 Å². The van der Waals surface area contributed by atoms with Crippen LogP contribution in [0.25, 0.3) is 0 Å². The van der Waals surface area contributed by atoms with Gasteiger partial charge in [-0.1, -0.05) is 11.6 Å². The predicted octanol–water partition coefficient (Wildman–Crippen LogP) is 2.49. The Morgan fingerprint density at radius 2 is 2.14 bits per heavy atom. The van der Waals surface area contributed by atoms with Crippen LogP contribution in [0.15, 0.2) is 18.2 Å². The van der Waals surface area contributed by atoms with E-state index in [2.05, 4.69) is 0 Å². The molecule has 0 fully saturated rings. The highest BCUT2D eigenvalue weighted by molar-refractivity contribution is 6.33. The molecule has 1 aromatic carbocycles. The number of nitrogen functional groups attached to an aromatic ring is 1. The van der Waals surface area contributed by atoms with Crippen LogP contribution in [0.4, 0.5) is 5.69 Å². The minimum atomic E-state index is -0.426. The molecule has 4 heteroatoms. The van der Waals surface area contributed by atoms with Gasteiger partial charge < -0.3 is 10.5 Å². The van der Waals surface area contributed by atoms with Crippen LogP contribution < -0.4 is 5.73 Å². The second kappa shape index (κ2) is 4.33. The van der Waals surface area contributed by atoms with Gasteiger partial charge in [-0.05, 0) is 32.0 Å². The van der Waals surface area contributed by atoms with E-state index in [1.807, 2.05) is 0 Å². The normalized spacial score (nSPS) is 10.3. The smallest absolute Gasteiger partial charge is 0.339 e. The van der Waals surface area contributed by atoms with E-state index < -0.39 is 5.97 Å². The Morgan fingerprint density at radius 1 is 1.50 bits per heavy atom. The van der Waals surface area contributed by atoms with Crippen molar-refractivity contribution < 1.29 is 9.53 Å². The first-order valence-electron chi connectivity index (χ1n) is 4.26. The molecule has 0 amide bonds. The highest BCUT2D eigenvalue weighted by atomic mass is 35.5. The fourth-order valence-corrected chi connectivity index (χ4v) is 1.24. The van der Waals surface area contributed by atoms with Crippen LogP contribution >= 0.6 is 11.6 Å². The summed E-state index contributed by atoms with van der Waals surface area (Å²) in [5.41, 5.74) is 6.36. The zero-order chi connectivity index (χ0) is 10.7. The summed E-state index contributed by atoms with van der Waals surface area (Å²) in [6, 6.07) is 4.70. The number of hydrogen-bond acceptors (Lipinski definition) is 3. The largest absolute Gasteiger partial charge is 0.459 e. The van der Waals surface area contributed by atoms with E-state index in [0.717, 1.165) is 0 Å². The third-order valence-electron chi connectivity index (χ3n) is 1.56. The first-order valence-corrected chi connectivity index (χ1v) is 4.64. The number of hydrogen-bond donors (Lipinski definition) is 1. The number of nitrogens with two attached hydrogens (primary N) is 1. The van der Waals surface area contributed by atoms with Gasteiger partial charge in [-0.25, -0.2) is 4.79 Å². The van der Waals surface area contributed by atoms with Crippen molar-refractivity contribution in [1.29, 1.82) is 0 Å². The third kappa shape index (κ3) is 2.64. The predicted molar refractivity (Wildman–Crippen MR) is 56.4 cm³/mol. The summed E-state index contributed by atoms with van der Waals surface area (Å²) in [6.07, 6.45) is -0.156. The first-order chi connectivity index (χ1) is 6.50. The molecule has 1 rings (SSSR count). The molecule has 0 heterocycles. The van der Waals surface area contributed by atoms with Crippen molar-refractivity contribution in [1.82, 2.24) is 0 Å². The molecule has 0 aliphatic carbocycles. The second-order valence-corrected chi connectivity index (χ2v) is 3.60. The Morgan fingerprint density at radius 3 is 2.64 bits per heavy atom. The fraction of sp³-hybridized carbons (Fsp3) is 0.300. The topological polar surface area (TPSA) is 52.3 Å². The zero-order valence-corrected chi connectivity index (χ0v) is 8.84. The van der Waals surface area contributed by atoms with Gasteiger partial charge in [0.25, 0.3) is 0 Å². The molecule has 3 nitrogen and oxygen atoms in total. The van der Waals surface area contributed by atoms with Gasteiger partial charge in [0.15, 0.2) is 0 Å². The minimum absolute atomic E-state index is 0.156. The van der Waals surface area contributed by atoms with E-state index in [0.29, 0.717) is 16.3 Å². The molecular weight excluding hydrogens is 202 g/mol. The van der Waals surface area contributed by atoms with Crippen molar-refractivity contribution in [3.8, 4) is 0 Å². The Bertz CT molecular complexity index is 350. The van der Waals surface area contributed by atoms with Gasteiger partial charge in [0.1, 0.15) is 0 Å². The monoisotopic (exact) mass is 213 g/mol. The molecular formula is C10H12ClNO2. The lowest BCUT2D eigenvalue weighted by Crippen LogP contribution is -2.12. The van der Waals surface area contributed by atoms with E-state index >= 15 is 0 Å². The SMILES string of the molecule is CC(C)OC(=O)c1ccc(N)cc1Cl. The van der Waals surface area contributed by atoms with E-state index in [1.54, 1.807) is 26.0 Å². The minimum Gasteiger partial charge on any atom is -0.459 e. The maximum absolute atomic E-state index is 11.4. The average Bonchev–Trinajstić information content (AvgIpc) is 2.01. The lowest BCUT2D eigenvalue weighted by atomic mass is 10.2. The zero-order valence-electron chi connectivity index (χ0n) is 8.08. The molecule has 0 bridgehead atoms. The molecule has 1 aromatic rings. The Kier molecular flexibility index (Phi) is 3.36. The quantitative estimate of drug-likeness (QED) is 0.607. The molecule has 0 spiro atoms. The number of carbonyl (C=O) groups is 1. The van der Waals surface area contributed by atoms with Gasteiger partial charge in [0.05, 0.1) is 16.7 Å². The number of rotatable bonds is 2. The Balaban J connectivity index is 2.90. The molecule has 0 saturated carbocycles. The number of anilines is 1. The van der Waals surface area contributed by atoms with Gasteiger partial charge >= 0.3 is 5.97 Å². The summed E-state index contributed by atoms with van der Waals surface area (Å²) in [6.45, 7) is 3.56. The Hall–Kier alpha value is -1.22. The van der Waals surface area contributed by atoms with Crippen molar-refractivity contribution in [2.45, 2.75) is 20.0 Å². The number of benzene rings is 1. The molecule has 0 saturated heterocycles. The lowest BCUT2D eigenvalue weighted by Gasteiger charge is -2.09. The lowest BCUT2D eigenvalue weighted by molar-refractivity contribution is 0.0378. The van der Waals surface area contributed by atoms with Crippen LogP contribution in [0, 0.1) is 0 Å². The van der Waals surface area contributed by atoms with Gasteiger partial charge in [-0.15, -0.1) is 0 Å². The van der Waals surface area contributed by atoms with Gasteiger partial charge in [-0.2, -0.15) is 0 Å².